The van der Waals surface area contributed by atoms with Crippen molar-refractivity contribution < 1.29 is 19.3 Å². The minimum atomic E-state index is -0.963. The van der Waals surface area contributed by atoms with Gasteiger partial charge in [0.25, 0.3) is 0 Å². The Morgan fingerprint density at radius 2 is 1.68 bits per heavy atom. The van der Waals surface area contributed by atoms with Crippen LogP contribution in [0.15, 0.2) is 42.5 Å². The van der Waals surface area contributed by atoms with Crippen LogP contribution >= 0.6 is 0 Å². The van der Waals surface area contributed by atoms with Crippen LogP contribution in [0.5, 0.6) is 5.75 Å². The van der Waals surface area contributed by atoms with Crippen molar-refractivity contribution >= 4 is 5.69 Å². The van der Waals surface area contributed by atoms with Crippen LogP contribution in [0, 0.1) is 11.8 Å². The summed E-state index contributed by atoms with van der Waals surface area (Å²) in [4.78, 5) is 2.41. The molecule has 1 saturated heterocycles. The third-order valence-electron chi connectivity index (χ3n) is 7.07. The summed E-state index contributed by atoms with van der Waals surface area (Å²) >= 11 is 0. The first-order valence-corrected chi connectivity index (χ1v) is 11.3. The lowest BCUT2D eigenvalue weighted by Gasteiger charge is -2.39. The van der Waals surface area contributed by atoms with Crippen molar-refractivity contribution in [3.8, 4) is 5.75 Å². The highest BCUT2D eigenvalue weighted by Gasteiger charge is 2.39. The summed E-state index contributed by atoms with van der Waals surface area (Å²) in [5, 5.41) is 11.8. The maximum atomic E-state index is 11.8. The van der Waals surface area contributed by atoms with Crippen molar-refractivity contribution in [3.05, 3.63) is 59.2 Å². The molecule has 0 amide bonds. The minimum Gasteiger partial charge on any atom is -0.497 e. The molecule has 1 aliphatic carbocycles. The molecule has 1 fully saturated rings. The summed E-state index contributed by atoms with van der Waals surface area (Å²) in [6.07, 6.45) is 3.67. The predicted octanol–water partition coefficient (Wildman–Crippen LogP) is 4.35. The van der Waals surface area contributed by atoms with Crippen molar-refractivity contribution in [2.45, 2.75) is 44.5 Å². The second kappa shape index (κ2) is 9.19. The van der Waals surface area contributed by atoms with E-state index in [4.69, 9.17) is 14.2 Å². The molecule has 0 saturated carbocycles. The number of rotatable bonds is 6. The SMILES string of the molecule is COc1ccc2c(c1)CC(C)CC2(O)c1ccc(N2CCC(C(OC)OC)CC2)cc1. The first kappa shape index (κ1) is 22.1. The second-order valence-corrected chi connectivity index (χ2v) is 9.11. The number of piperidine rings is 1. The van der Waals surface area contributed by atoms with Crippen molar-refractivity contribution in [3.63, 3.8) is 0 Å². The minimum absolute atomic E-state index is 0.120. The zero-order valence-corrected chi connectivity index (χ0v) is 19.1. The van der Waals surface area contributed by atoms with E-state index in [0.29, 0.717) is 11.8 Å². The maximum Gasteiger partial charge on any atom is 0.159 e. The average molecular weight is 426 g/mol. The molecule has 0 spiro atoms. The van der Waals surface area contributed by atoms with E-state index < -0.39 is 5.60 Å². The van der Waals surface area contributed by atoms with Gasteiger partial charge in [-0.3, -0.25) is 0 Å². The Bertz CT molecular complexity index is 871. The molecule has 0 aromatic heterocycles. The Kier molecular flexibility index (Phi) is 6.56. The Morgan fingerprint density at radius 3 is 2.29 bits per heavy atom. The number of hydrogen-bond acceptors (Lipinski definition) is 5. The van der Waals surface area contributed by atoms with Crippen LogP contribution < -0.4 is 9.64 Å². The number of nitrogens with zero attached hydrogens (tertiary/aromatic N) is 1. The Labute approximate surface area is 185 Å². The van der Waals surface area contributed by atoms with Gasteiger partial charge in [0.1, 0.15) is 11.4 Å². The highest BCUT2D eigenvalue weighted by molar-refractivity contribution is 5.52. The molecular formula is C26H35NO4. The van der Waals surface area contributed by atoms with E-state index in [0.717, 1.165) is 55.6 Å². The molecule has 2 aromatic carbocycles. The fraction of sp³-hybridized carbons (Fsp3) is 0.538. The summed E-state index contributed by atoms with van der Waals surface area (Å²) in [5.74, 6) is 1.68. The number of benzene rings is 2. The molecule has 5 nitrogen and oxygen atoms in total. The van der Waals surface area contributed by atoms with Gasteiger partial charge in [0.2, 0.25) is 0 Å². The Balaban J connectivity index is 1.52. The van der Waals surface area contributed by atoms with Gasteiger partial charge in [-0.2, -0.15) is 0 Å². The zero-order chi connectivity index (χ0) is 22.0. The average Bonchev–Trinajstić information content (AvgIpc) is 2.80. The molecule has 1 aliphatic heterocycles. The van der Waals surface area contributed by atoms with Crippen molar-refractivity contribution in [2.24, 2.45) is 11.8 Å². The molecule has 2 aliphatic rings. The van der Waals surface area contributed by atoms with Crippen molar-refractivity contribution in [2.75, 3.05) is 39.3 Å². The van der Waals surface area contributed by atoms with E-state index in [2.05, 4.69) is 42.2 Å². The molecule has 2 atom stereocenters. The molecule has 168 valence electrons. The predicted molar refractivity (Wildman–Crippen MR) is 123 cm³/mol. The summed E-state index contributed by atoms with van der Waals surface area (Å²) in [6.45, 7) is 4.17. The summed E-state index contributed by atoms with van der Waals surface area (Å²) in [6, 6.07) is 14.6. The van der Waals surface area contributed by atoms with Crippen LogP contribution in [0.2, 0.25) is 0 Å². The van der Waals surface area contributed by atoms with Gasteiger partial charge < -0.3 is 24.2 Å². The molecule has 5 heteroatoms. The highest BCUT2D eigenvalue weighted by Crippen LogP contribution is 2.44. The first-order valence-electron chi connectivity index (χ1n) is 11.3. The quantitative estimate of drug-likeness (QED) is 0.698. The molecule has 4 rings (SSSR count). The largest absolute Gasteiger partial charge is 0.497 e. The van der Waals surface area contributed by atoms with E-state index in [-0.39, 0.29) is 6.29 Å². The molecule has 2 aromatic rings. The molecule has 1 N–H and O–H groups in total. The van der Waals surface area contributed by atoms with Gasteiger partial charge in [0, 0.05) is 38.9 Å². The number of ether oxygens (including phenoxy) is 3. The highest BCUT2D eigenvalue weighted by atomic mass is 16.7. The summed E-state index contributed by atoms with van der Waals surface area (Å²) < 4.78 is 16.3. The van der Waals surface area contributed by atoms with Gasteiger partial charge in [-0.25, -0.2) is 0 Å². The van der Waals surface area contributed by atoms with Crippen LogP contribution in [-0.2, 0) is 21.5 Å². The molecule has 31 heavy (non-hydrogen) atoms. The second-order valence-electron chi connectivity index (χ2n) is 9.11. The van der Waals surface area contributed by atoms with Gasteiger partial charge in [-0.1, -0.05) is 25.1 Å². The molecular weight excluding hydrogens is 390 g/mol. The molecule has 0 bridgehead atoms. The maximum absolute atomic E-state index is 11.8. The number of anilines is 1. The molecule has 1 heterocycles. The fourth-order valence-corrected chi connectivity index (χ4v) is 5.46. The number of hydrogen-bond donors (Lipinski definition) is 1. The lowest BCUT2D eigenvalue weighted by Crippen LogP contribution is -2.39. The zero-order valence-electron chi connectivity index (χ0n) is 19.1. The Hall–Kier alpha value is -2.08. The van der Waals surface area contributed by atoms with Gasteiger partial charge in [-0.05, 0) is 72.6 Å². The lowest BCUT2D eigenvalue weighted by atomic mass is 9.71. The third-order valence-corrected chi connectivity index (χ3v) is 7.07. The van der Waals surface area contributed by atoms with Crippen LogP contribution in [0.4, 0.5) is 5.69 Å². The lowest BCUT2D eigenvalue weighted by molar-refractivity contribution is -0.141. The van der Waals surface area contributed by atoms with Crippen LogP contribution in [0.25, 0.3) is 0 Å². The van der Waals surface area contributed by atoms with Gasteiger partial charge in [0.05, 0.1) is 7.11 Å². The fourth-order valence-electron chi connectivity index (χ4n) is 5.46. The standard InChI is InChI=1S/C26H35NO4/c1-18-15-20-16-23(29-2)9-10-24(20)26(28,17-18)21-5-7-22(8-6-21)27-13-11-19(12-14-27)25(30-3)31-4/h5-10,16,18-19,25,28H,11-15,17H2,1-4H3. The molecule has 2 unspecified atom stereocenters. The van der Waals surface area contributed by atoms with E-state index in [9.17, 15) is 5.11 Å². The summed E-state index contributed by atoms with van der Waals surface area (Å²) in [7, 11) is 5.11. The topological polar surface area (TPSA) is 51.2 Å². The monoisotopic (exact) mass is 425 g/mol. The number of aliphatic hydroxyl groups is 1. The van der Waals surface area contributed by atoms with Crippen molar-refractivity contribution in [1.82, 2.24) is 0 Å². The number of fused-ring (bicyclic) bond motifs is 1. The molecule has 0 radical (unpaired) electrons. The van der Waals surface area contributed by atoms with Gasteiger partial charge >= 0.3 is 0 Å². The van der Waals surface area contributed by atoms with E-state index >= 15 is 0 Å². The summed E-state index contributed by atoms with van der Waals surface area (Å²) in [5.41, 5.74) is 3.39. The van der Waals surface area contributed by atoms with Gasteiger partial charge in [-0.15, -0.1) is 0 Å². The smallest absolute Gasteiger partial charge is 0.159 e. The number of methoxy groups -OCH3 is 3. The van der Waals surface area contributed by atoms with E-state index in [1.807, 2.05) is 12.1 Å². The van der Waals surface area contributed by atoms with Crippen LogP contribution in [0.3, 0.4) is 0 Å². The van der Waals surface area contributed by atoms with E-state index in [1.165, 1.54) is 11.3 Å². The van der Waals surface area contributed by atoms with E-state index in [1.54, 1.807) is 21.3 Å². The van der Waals surface area contributed by atoms with Crippen LogP contribution in [-0.4, -0.2) is 45.8 Å². The Morgan fingerprint density at radius 1 is 1.00 bits per heavy atom. The normalized spacial score (nSPS) is 24.3. The van der Waals surface area contributed by atoms with Crippen molar-refractivity contribution in [1.29, 1.82) is 0 Å². The first-order chi connectivity index (χ1) is 15.0. The van der Waals surface area contributed by atoms with Gasteiger partial charge in [0.15, 0.2) is 6.29 Å². The third kappa shape index (κ3) is 4.32. The van der Waals surface area contributed by atoms with Crippen LogP contribution in [0.1, 0.15) is 42.9 Å².